The van der Waals surface area contributed by atoms with Crippen LogP contribution >= 0.6 is 0 Å². The Labute approximate surface area is 193 Å². The summed E-state index contributed by atoms with van der Waals surface area (Å²) in [6, 6.07) is 7.81. The molecular formula is C23H26FN5O3S. The van der Waals surface area contributed by atoms with E-state index in [4.69, 9.17) is 4.74 Å². The molecular weight excluding hydrogens is 445 g/mol. The lowest BCUT2D eigenvalue weighted by atomic mass is 9.93. The fourth-order valence-corrected chi connectivity index (χ4v) is 4.07. The van der Waals surface area contributed by atoms with Gasteiger partial charge in [0.1, 0.15) is 23.7 Å². The van der Waals surface area contributed by atoms with E-state index in [1.54, 1.807) is 13.0 Å². The van der Waals surface area contributed by atoms with E-state index in [0.29, 0.717) is 22.7 Å². The molecule has 1 amide bonds. The molecule has 1 fully saturated rings. The number of aromatic nitrogens is 2. The molecule has 2 atom stereocenters. The van der Waals surface area contributed by atoms with Crippen LogP contribution in [0.1, 0.15) is 31.7 Å². The highest BCUT2D eigenvalue weighted by Crippen LogP contribution is 2.34. The molecule has 1 aliphatic carbocycles. The highest BCUT2D eigenvalue weighted by Gasteiger charge is 2.24. The zero-order chi connectivity index (χ0) is 23.5. The van der Waals surface area contributed by atoms with Crippen LogP contribution in [0.3, 0.4) is 0 Å². The minimum Gasteiger partial charge on any atom is -0.479 e. The molecule has 174 valence electrons. The van der Waals surface area contributed by atoms with Crippen molar-refractivity contribution in [2.45, 2.75) is 45.3 Å². The lowest BCUT2D eigenvalue weighted by Gasteiger charge is -2.28. The third kappa shape index (κ3) is 5.39. The van der Waals surface area contributed by atoms with Gasteiger partial charge >= 0.3 is 0 Å². The molecule has 0 bridgehead atoms. The molecule has 0 radical (unpaired) electrons. The summed E-state index contributed by atoms with van der Waals surface area (Å²) in [6.45, 7) is 3.52. The van der Waals surface area contributed by atoms with Crippen molar-refractivity contribution in [2.75, 3.05) is 11.6 Å². The van der Waals surface area contributed by atoms with Gasteiger partial charge < -0.3 is 15.4 Å². The quantitative estimate of drug-likeness (QED) is 0.447. The standard InChI is InChI=1S/C23H26FN5O3S/c1-13-9-17(29-33(3)31)11-19-21(13)22(26-12-25-19)28-18-8-7-15(24)10-20(18)32-14(2)23(30)27-16-5-4-6-16/h7-12,14,16,33H,4-6H2,1-3H3,(H,27,30)(H,25,26,28)/t14-/m1/s1. The first-order chi connectivity index (χ1) is 15.8. The number of fused-ring (bicyclic) bond motifs is 1. The van der Waals surface area contributed by atoms with Crippen molar-refractivity contribution in [2.24, 2.45) is 4.36 Å². The summed E-state index contributed by atoms with van der Waals surface area (Å²) < 4.78 is 35.5. The van der Waals surface area contributed by atoms with Crippen molar-refractivity contribution in [3.63, 3.8) is 0 Å². The second-order valence-electron chi connectivity index (χ2n) is 8.11. The van der Waals surface area contributed by atoms with Crippen molar-refractivity contribution in [3.05, 3.63) is 48.0 Å². The second kappa shape index (κ2) is 9.70. The number of carbonyl (C=O) groups excluding carboxylic acids is 1. The zero-order valence-corrected chi connectivity index (χ0v) is 19.5. The van der Waals surface area contributed by atoms with Gasteiger partial charge in [0.2, 0.25) is 0 Å². The van der Waals surface area contributed by atoms with Gasteiger partial charge in [-0.1, -0.05) is 0 Å². The molecule has 0 spiro atoms. The summed E-state index contributed by atoms with van der Waals surface area (Å²) in [5.74, 6) is -0.0205. The lowest BCUT2D eigenvalue weighted by Crippen LogP contribution is -2.45. The van der Waals surface area contributed by atoms with E-state index in [1.807, 2.05) is 13.0 Å². The van der Waals surface area contributed by atoms with Gasteiger partial charge in [0, 0.05) is 34.3 Å². The van der Waals surface area contributed by atoms with Gasteiger partial charge in [-0.05, 0) is 62.9 Å². The number of aryl methyl sites for hydroxylation is 1. The molecule has 8 nitrogen and oxygen atoms in total. The number of hydrogen-bond donors (Lipinski definition) is 3. The van der Waals surface area contributed by atoms with Gasteiger partial charge in [0.25, 0.3) is 5.91 Å². The van der Waals surface area contributed by atoms with Gasteiger partial charge in [-0.3, -0.25) is 9.00 Å². The molecule has 1 aromatic heterocycles. The average Bonchev–Trinajstić information content (AvgIpc) is 2.71. The van der Waals surface area contributed by atoms with Crippen LogP contribution in [0.2, 0.25) is 0 Å². The van der Waals surface area contributed by atoms with Crippen LogP contribution in [0, 0.1) is 12.7 Å². The number of rotatable bonds is 7. The summed E-state index contributed by atoms with van der Waals surface area (Å²) in [6.07, 6.45) is 5.18. The number of carbonyl (C=O) groups is 1. The third-order valence-corrected chi connectivity index (χ3v) is 6.01. The molecule has 2 aromatic carbocycles. The van der Waals surface area contributed by atoms with E-state index >= 15 is 0 Å². The summed E-state index contributed by atoms with van der Waals surface area (Å²) in [5, 5.41) is 6.87. The first-order valence-electron chi connectivity index (χ1n) is 10.7. The van der Waals surface area contributed by atoms with Crippen molar-refractivity contribution in [1.82, 2.24) is 15.3 Å². The van der Waals surface area contributed by atoms with E-state index in [1.165, 1.54) is 30.8 Å². The summed E-state index contributed by atoms with van der Waals surface area (Å²) >= 11 is 0. The van der Waals surface area contributed by atoms with Crippen LogP contribution in [0.25, 0.3) is 10.9 Å². The number of benzene rings is 2. The van der Waals surface area contributed by atoms with E-state index in [0.717, 1.165) is 30.2 Å². The number of nitrogens with one attached hydrogen (secondary N) is 2. The monoisotopic (exact) mass is 471 g/mol. The highest BCUT2D eigenvalue weighted by atomic mass is 32.2. The van der Waals surface area contributed by atoms with Crippen molar-refractivity contribution < 1.29 is 18.1 Å². The van der Waals surface area contributed by atoms with Gasteiger partial charge in [-0.25, -0.2) is 18.7 Å². The van der Waals surface area contributed by atoms with Crippen molar-refractivity contribution >= 4 is 44.6 Å². The lowest BCUT2D eigenvalue weighted by molar-refractivity contribution is -0.128. The van der Waals surface area contributed by atoms with E-state index in [-0.39, 0.29) is 17.7 Å². The van der Waals surface area contributed by atoms with Crippen molar-refractivity contribution in [1.29, 1.82) is 0 Å². The Bertz CT molecular complexity index is 1290. The Balaban J connectivity index is 1.63. The largest absolute Gasteiger partial charge is 0.479 e. The summed E-state index contributed by atoms with van der Waals surface area (Å²) in [4.78, 5) is 21.1. The minimum atomic E-state index is -1.69. The Morgan fingerprint density at radius 1 is 1.27 bits per heavy atom. The maximum Gasteiger partial charge on any atom is 0.260 e. The van der Waals surface area contributed by atoms with Gasteiger partial charge in [-0.15, -0.1) is 0 Å². The Morgan fingerprint density at radius 2 is 2.06 bits per heavy atom. The fourth-order valence-electron chi connectivity index (χ4n) is 3.63. The Kier molecular flexibility index (Phi) is 6.73. The van der Waals surface area contributed by atoms with E-state index in [9.17, 15) is 13.4 Å². The van der Waals surface area contributed by atoms with Crippen LogP contribution in [0.15, 0.2) is 41.0 Å². The average molecular weight is 472 g/mol. The molecule has 0 aliphatic heterocycles. The van der Waals surface area contributed by atoms with E-state index < -0.39 is 22.5 Å². The summed E-state index contributed by atoms with van der Waals surface area (Å²) in [5.41, 5.74) is 2.50. The number of halogens is 1. The van der Waals surface area contributed by atoms with Crippen LogP contribution in [0.5, 0.6) is 5.75 Å². The molecule has 1 aliphatic rings. The number of anilines is 2. The number of ether oxygens (including phenoxy) is 1. The number of hydrogen-bond acceptors (Lipinski definition) is 7. The first kappa shape index (κ1) is 22.9. The molecule has 1 saturated carbocycles. The molecule has 1 heterocycles. The molecule has 2 N–H and O–H groups in total. The Hall–Kier alpha value is -3.27. The number of thiol groups is 1. The minimum absolute atomic E-state index is 0.187. The number of amides is 1. The Morgan fingerprint density at radius 3 is 2.76 bits per heavy atom. The molecule has 10 heteroatoms. The van der Waals surface area contributed by atoms with Gasteiger partial charge in [-0.2, -0.15) is 0 Å². The van der Waals surface area contributed by atoms with Crippen LogP contribution in [-0.2, 0) is 15.4 Å². The molecule has 0 saturated heterocycles. The normalized spacial score (nSPS) is 15.6. The topological polar surface area (TPSA) is 106 Å². The van der Waals surface area contributed by atoms with Gasteiger partial charge in [0.05, 0.1) is 16.9 Å². The third-order valence-electron chi connectivity index (χ3n) is 5.50. The zero-order valence-electron chi connectivity index (χ0n) is 18.6. The van der Waals surface area contributed by atoms with Crippen LogP contribution in [0.4, 0.5) is 21.6 Å². The smallest absolute Gasteiger partial charge is 0.260 e. The summed E-state index contributed by atoms with van der Waals surface area (Å²) in [7, 11) is -1.69. The van der Waals surface area contributed by atoms with Crippen molar-refractivity contribution in [3.8, 4) is 5.75 Å². The number of nitrogens with zero attached hydrogens (tertiary/aromatic N) is 3. The first-order valence-corrected chi connectivity index (χ1v) is 12.4. The van der Waals surface area contributed by atoms with Gasteiger partial charge in [0.15, 0.2) is 6.10 Å². The molecule has 1 unspecified atom stereocenters. The predicted octanol–water partition coefficient (Wildman–Crippen LogP) is 4.18. The highest BCUT2D eigenvalue weighted by molar-refractivity contribution is 7.74. The second-order valence-corrected chi connectivity index (χ2v) is 9.23. The molecule has 33 heavy (non-hydrogen) atoms. The van der Waals surface area contributed by atoms with Crippen LogP contribution < -0.4 is 15.4 Å². The molecule has 4 rings (SSSR count). The van der Waals surface area contributed by atoms with Crippen LogP contribution in [-0.4, -0.2) is 38.5 Å². The van der Waals surface area contributed by atoms with E-state index in [2.05, 4.69) is 25.0 Å². The maximum absolute atomic E-state index is 14.0. The maximum atomic E-state index is 14.0. The SMILES string of the molecule is Cc1cc(/N=[SH](/C)=O)cc2ncnc(Nc3ccc(F)cc3O[C@H](C)C(=O)NC3CCC3)c12. The predicted molar refractivity (Wildman–Crippen MR) is 127 cm³/mol. The molecule has 3 aromatic rings. The fraction of sp³-hybridized carbons (Fsp3) is 0.348.